The number of rotatable bonds is 7. The second-order valence-electron chi connectivity index (χ2n) is 3.87. The van der Waals surface area contributed by atoms with E-state index >= 15 is 0 Å². The summed E-state index contributed by atoms with van der Waals surface area (Å²) < 4.78 is 42.4. The van der Waals surface area contributed by atoms with Gasteiger partial charge in [0.05, 0.1) is 12.2 Å². The molecule has 0 saturated carbocycles. The number of nitrogens with one attached hydrogen (secondary N) is 2. The molecule has 0 aliphatic heterocycles. The lowest BCUT2D eigenvalue weighted by atomic mass is 10.2. The van der Waals surface area contributed by atoms with Gasteiger partial charge in [-0.2, -0.15) is 18.4 Å². The minimum Gasteiger partial charge on any atom is -0.383 e. The SMILES string of the molecule is COCCNCCNc1nc(C(F)(F)F)ccc1C#N. The van der Waals surface area contributed by atoms with E-state index in [1.807, 2.05) is 0 Å². The van der Waals surface area contributed by atoms with E-state index < -0.39 is 11.9 Å². The average Bonchev–Trinajstić information content (AvgIpc) is 2.41. The Morgan fingerprint density at radius 3 is 2.65 bits per heavy atom. The Kier molecular flexibility index (Phi) is 6.21. The predicted octanol–water partition coefficient (Wildman–Crippen LogP) is 1.62. The third kappa shape index (κ3) is 5.03. The highest BCUT2D eigenvalue weighted by Crippen LogP contribution is 2.29. The van der Waals surface area contributed by atoms with Crippen LogP contribution < -0.4 is 10.6 Å². The molecule has 110 valence electrons. The highest BCUT2D eigenvalue weighted by atomic mass is 19.4. The van der Waals surface area contributed by atoms with Crippen LogP contribution in [0.2, 0.25) is 0 Å². The lowest BCUT2D eigenvalue weighted by molar-refractivity contribution is -0.141. The van der Waals surface area contributed by atoms with Crippen LogP contribution in [0, 0.1) is 11.3 Å². The molecule has 0 aliphatic carbocycles. The Labute approximate surface area is 114 Å². The third-order valence-corrected chi connectivity index (χ3v) is 2.38. The van der Waals surface area contributed by atoms with Crippen molar-refractivity contribution in [2.24, 2.45) is 0 Å². The zero-order valence-corrected chi connectivity index (χ0v) is 10.9. The molecule has 0 unspecified atom stereocenters. The Hall–Kier alpha value is -1.85. The van der Waals surface area contributed by atoms with Crippen molar-refractivity contribution in [1.29, 1.82) is 5.26 Å². The molecule has 0 spiro atoms. The fraction of sp³-hybridized carbons (Fsp3) is 0.500. The molecule has 0 fully saturated rings. The topological polar surface area (TPSA) is 70.0 Å². The van der Waals surface area contributed by atoms with Gasteiger partial charge in [0.15, 0.2) is 0 Å². The number of halogens is 3. The van der Waals surface area contributed by atoms with E-state index in [2.05, 4.69) is 15.6 Å². The predicted molar refractivity (Wildman–Crippen MR) is 67.2 cm³/mol. The number of aromatic nitrogens is 1. The normalized spacial score (nSPS) is 11.2. The monoisotopic (exact) mass is 288 g/mol. The maximum Gasteiger partial charge on any atom is 0.433 e. The zero-order valence-electron chi connectivity index (χ0n) is 10.9. The maximum absolute atomic E-state index is 12.5. The third-order valence-electron chi connectivity index (χ3n) is 2.38. The standard InChI is InChI=1S/C12H15F3N4O/c1-20-7-6-17-4-5-18-11-9(8-16)2-3-10(19-11)12(13,14)15/h2-3,17H,4-7H2,1H3,(H,18,19). The lowest BCUT2D eigenvalue weighted by Crippen LogP contribution is -2.26. The molecule has 0 amide bonds. The van der Waals surface area contributed by atoms with E-state index in [9.17, 15) is 13.2 Å². The average molecular weight is 288 g/mol. The van der Waals surface area contributed by atoms with Crippen molar-refractivity contribution >= 4 is 5.82 Å². The van der Waals surface area contributed by atoms with Gasteiger partial charge in [0, 0.05) is 26.7 Å². The first kappa shape index (κ1) is 16.2. The van der Waals surface area contributed by atoms with E-state index in [0.29, 0.717) is 26.2 Å². The van der Waals surface area contributed by atoms with Gasteiger partial charge in [-0.05, 0) is 12.1 Å². The van der Waals surface area contributed by atoms with E-state index in [1.165, 1.54) is 0 Å². The van der Waals surface area contributed by atoms with Gasteiger partial charge in [0.2, 0.25) is 0 Å². The fourth-order valence-corrected chi connectivity index (χ4v) is 1.41. The molecule has 20 heavy (non-hydrogen) atoms. The minimum absolute atomic E-state index is 0.0594. The van der Waals surface area contributed by atoms with Crippen molar-refractivity contribution in [2.75, 3.05) is 38.7 Å². The molecule has 0 aliphatic rings. The van der Waals surface area contributed by atoms with Crippen molar-refractivity contribution in [3.63, 3.8) is 0 Å². The molecule has 5 nitrogen and oxygen atoms in total. The second-order valence-corrected chi connectivity index (χ2v) is 3.87. The summed E-state index contributed by atoms with van der Waals surface area (Å²) in [5.74, 6) is -0.0594. The van der Waals surface area contributed by atoms with E-state index in [4.69, 9.17) is 10.00 Å². The van der Waals surface area contributed by atoms with E-state index in [0.717, 1.165) is 12.1 Å². The molecule has 1 aromatic heterocycles. The Morgan fingerprint density at radius 1 is 1.30 bits per heavy atom. The number of alkyl halides is 3. The van der Waals surface area contributed by atoms with E-state index in [1.54, 1.807) is 13.2 Å². The molecule has 0 aromatic carbocycles. The van der Waals surface area contributed by atoms with Crippen LogP contribution in [0.15, 0.2) is 12.1 Å². The van der Waals surface area contributed by atoms with Crippen LogP contribution in [0.5, 0.6) is 0 Å². The summed E-state index contributed by atoms with van der Waals surface area (Å²) in [6.07, 6.45) is -4.53. The Morgan fingerprint density at radius 2 is 2.05 bits per heavy atom. The van der Waals surface area contributed by atoms with Gasteiger partial charge in [0.1, 0.15) is 17.6 Å². The second kappa shape index (κ2) is 7.67. The summed E-state index contributed by atoms with van der Waals surface area (Å²) in [5, 5.41) is 14.6. The van der Waals surface area contributed by atoms with E-state index in [-0.39, 0.29) is 11.4 Å². The molecule has 1 heterocycles. The van der Waals surface area contributed by atoms with Crippen LogP contribution >= 0.6 is 0 Å². The summed E-state index contributed by atoms with van der Waals surface area (Å²) in [6, 6.07) is 3.70. The molecule has 8 heteroatoms. The highest BCUT2D eigenvalue weighted by molar-refractivity contribution is 5.52. The first-order chi connectivity index (χ1) is 9.49. The van der Waals surface area contributed by atoms with Gasteiger partial charge in [-0.3, -0.25) is 0 Å². The summed E-state index contributed by atoms with van der Waals surface area (Å²) in [5.41, 5.74) is -0.943. The Balaban J connectivity index is 2.61. The van der Waals surface area contributed by atoms with Crippen LogP contribution in [0.3, 0.4) is 0 Å². The van der Waals surface area contributed by atoms with Crippen LogP contribution in [0.25, 0.3) is 0 Å². The molecule has 1 aromatic rings. The molecular formula is C12H15F3N4O. The van der Waals surface area contributed by atoms with Gasteiger partial charge < -0.3 is 15.4 Å². The number of nitrogens with zero attached hydrogens (tertiary/aromatic N) is 2. The quantitative estimate of drug-likeness (QED) is 0.746. The lowest BCUT2D eigenvalue weighted by Gasteiger charge is -2.11. The van der Waals surface area contributed by atoms with Crippen LogP contribution in [0.1, 0.15) is 11.3 Å². The minimum atomic E-state index is -4.53. The highest BCUT2D eigenvalue weighted by Gasteiger charge is 2.33. The van der Waals surface area contributed by atoms with Crippen LogP contribution in [-0.2, 0) is 10.9 Å². The molecule has 0 atom stereocenters. The van der Waals surface area contributed by atoms with Gasteiger partial charge in [0.25, 0.3) is 0 Å². The van der Waals surface area contributed by atoms with Crippen molar-refractivity contribution in [1.82, 2.24) is 10.3 Å². The van der Waals surface area contributed by atoms with Gasteiger partial charge in [-0.1, -0.05) is 0 Å². The fourth-order valence-electron chi connectivity index (χ4n) is 1.41. The van der Waals surface area contributed by atoms with Gasteiger partial charge in [-0.25, -0.2) is 4.98 Å². The summed E-state index contributed by atoms with van der Waals surface area (Å²) >= 11 is 0. The first-order valence-corrected chi connectivity index (χ1v) is 5.91. The maximum atomic E-state index is 12.5. The van der Waals surface area contributed by atoms with Crippen molar-refractivity contribution in [3.8, 4) is 6.07 Å². The van der Waals surface area contributed by atoms with Crippen LogP contribution in [0.4, 0.5) is 19.0 Å². The smallest absolute Gasteiger partial charge is 0.383 e. The molecular weight excluding hydrogens is 273 g/mol. The number of anilines is 1. The molecule has 0 bridgehead atoms. The van der Waals surface area contributed by atoms with Crippen molar-refractivity contribution in [3.05, 3.63) is 23.4 Å². The van der Waals surface area contributed by atoms with Gasteiger partial charge >= 0.3 is 6.18 Å². The summed E-state index contributed by atoms with van der Waals surface area (Å²) in [4.78, 5) is 3.44. The number of pyridine rings is 1. The number of nitriles is 1. The molecule has 1 rings (SSSR count). The summed E-state index contributed by atoms with van der Waals surface area (Å²) in [7, 11) is 1.58. The Bertz CT molecular complexity index is 471. The molecule has 0 radical (unpaired) electrons. The first-order valence-electron chi connectivity index (χ1n) is 5.91. The molecule has 2 N–H and O–H groups in total. The van der Waals surface area contributed by atoms with Crippen LogP contribution in [-0.4, -0.2) is 38.3 Å². The van der Waals surface area contributed by atoms with Crippen molar-refractivity contribution < 1.29 is 17.9 Å². The number of hydrogen-bond acceptors (Lipinski definition) is 5. The largest absolute Gasteiger partial charge is 0.433 e. The van der Waals surface area contributed by atoms with Crippen molar-refractivity contribution in [2.45, 2.75) is 6.18 Å². The number of ether oxygens (including phenoxy) is 1. The summed E-state index contributed by atoms with van der Waals surface area (Å²) in [6.45, 7) is 2.06. The molecule has 0 saturated heterocycles. The zero-order chi connectivity index (χ0) is 15.0. The number of methoxy groups -OCH3 is 1. The van der Waals surface area contributed by atoms with Gasteiger partial charge in [-0.15, -0.1) is 0 Å². The number of hydrogen-bond donors (Lipinski definition) is 2.